The highest BCUT2D eigenvalue weighted by atomic mass is 16.5. The van der Waals surface area contributed by atoms with Gasteiger partial charge in [0.2, 0.25) is 0 Å². The Labute approximate surface area is 193 Å². The standard InChI is InChI=1S/C26H28N2O5/c1-18-7-4-8-19(15-18)9-5-13-27-26(30)22(17-21-10-6-14-33-21)28-25(29)20-11-12-23(31-2)24(16-20)32-3/h4,6-8,10-12,14-17H,5,9,13H2,1-3H3,(H,27,30)(H,28,29)/b22-17-. The van der Waals surface area contributed by atoms with Crippen LogP contribution in [0.3, 0.4) is 0 Å². The Balaban J connectivity index is 1.67. The molecule has 0 spiro atoms. The topological polar surface area (TPSA) is 89.8 Å². The van der Waals surface area contributed by atoms with E-state index < -0.39 is 11.8 Å². The van der Waals surface area contributed by atoms with Crippen molar-refractivity contribution in [1.82, 2.24) is 10.6 Å². The van der Waals surface area contributed by atoms with Crippen molar-refractivity contribution in [3.8, 4) is 11.5 Å². The Morgan fingerprint density at radius 3 is 2.52 bits per heavy atom. The molecule has 3 aromatic rings. The number of benzene rings is 2. The van der Waals surface area contributed by atoms with E-state index in [-0.39, 0.29) is 5.70 Å². The molecule has 0 saturated carbocycles. The maximum absolute atomic E-state index is 12.8. The van der Waals surface area contributed by atoms with Crippen molar-refractivity contribution in [1.29, 1.82) is 0 Å². The number of furan rings is 1. The SMILES string of the molecule is COc1ccc(C(=O)N/C(=C\c2ccco2)C(=O)NCCCc2cccc(C)c2)cc1OC. The first kappa shape index (κ1) is 23.7. The van der Waals surface area contributed by atoms with E-state index in [9.17, 15) is 9.59 Å². The van der Waals surface area contributed by atoms with Crippen molar-refractivity contribution >= 4 is 17.9 Å². The van der Waals surface area contributed by atoms with Crippen LogP contribution < -0.4 is 20.1 Å². The lowest BCUT2D eigenvalue weighted by atomic mass is 10.1. The van der Waals surface area contributed by atoms with Crippen molar-refractivity contribution in [3.05, 3.63) is 89.0 Å². The van der Waals surface area contributed by atoms with Gasteiger partial charge in [0.05, 0.1) is 20.5 Å². The van der Waals surface area contributed by atoms with E-state index in [0.29, 0.717) is 29.4 Å². The summed E-state index contributed by atoms with van der Waals surface area (Å²) in [5.41, 5.74) is 2.83. The summed E-state index contributed by atoms with van der Waals surface area (Å²) in [5, 5.41) is 5.55. The fourth-order valence-electron chi connectivity index (χ4n) is 3.30. The molecule has 33 heavy (non-hydrogen) atoms. The lowest BCUT2D eigenvalue weighted by molar-refractivity contribution is -0.117. The van der Waals surface area contributed by atoms with Crippen LogP contribution in [0.5, 0.6) is 11.5 Å². The van der Waals surface area contributed by atoms with E-state index in [1.165, 1.54) is 37.7 Å². The highest BCUT2D eigenvalue weighted by Crippen LogP contribution is 2.27. The van der Waals surface area contributed by atoms with Gasteiger partial charge in [0.1, 0.15) is 11.5 Å². The van der Waals surface area contributed by atoms with E-state index in [2.05, 4.69) is 35.8 Å². The Hall–Kier alpha value is -4.00. The maximum atomic E-state index is 12.8. The van der Waals surface area contributed by atoms with Gasteiger partial charge in [-0.3, -0.25) is 9.59 Å². The minimum Gasteiger partial charge on any atom is -0.493 e. The lowest BCUT2D eigenvalue weighted by Gasteiger charge is -2.12. The van der Waals surface area contributed by atoms with Gasteiger partial charge >= 0.3 is 0 Å². The van der Waals surface area contributed by atoms with Crippen molar-refractivity contribution in [2.75, 3.05) is 20.8 Å². The van der Waals surface area contributed by atoms with Gasteiger partial charge < -0.3 is 24.5 Å². The summed E-state index contributed by atoms with van der Waals surface area (Å²) in [6, 6.07) is 16.5. The second-order valence-corrected chi connectivity index (χ2v) is 7.45. The quantitative estimate of drug-likeness (QED) is 0.360. The number of amides is 2. The van der Waals surface area contributed by atoms with Crippen LogP contribution in [0.1, 0.15) is 33.7 Å². The van der Waals surface area contributed by atoms with Crippen LogP contribution in [0.2, 0.25) is 0 Å². The molecule has 0 atom stereocenters. The first-order chi connectivity index (χ1) is 16.0. The minimum atomic E-state index is -0.455. The molecule has 0 aliphatic heterocycles. The fraction of sp³-hybridized carbons (Fsp3) is 0.231. The molecular weight excluding hydrogens is 420 g/mol. The van der Waals surface area contributed by atoms with Gasteiger partial charge in [-0.2, -0.15) is 0 Å². The van der Waals surface area contributed by atoms with E-state index >= 15 is 0 Å². The third-order valence-corrected chi connectivity index (χ3v) is 4.98. The number of nitrogens with one attached hydrogen (secondary N) is 2. The molecular formula is C26H28N2O5. The van der Waals surface area contributed by atoms with Crippen LogP contribution in [-0.4, -0.2) is 32.6 Å². The molecule has 1 heterocycles. The van der Waals surface area contributed by atoms with Gasteiger partial charge in [0.15, 0.2) is 11.5 Å². The van der Waals surface area contributed by atoms with Crippen molar-refractivity contribution in [3.63, 3.8) is 0 Å². The predicted octanol–water partition coefficient (Wildman–Crippen LogP) is 4.13. The number of ether oxygens (including phenoxy) is 2. The zero-order chi connectivity index (χ0) is 23.6. The van der Waals surface area contributed by atoms with Crippen LogP contribution in [0.15, 0.2) is 71.0 Å². The van der Waals surface area contributed by atoms with Gasteiger partial charge in [-0.25, -0.2) is 0 Å². The zero-order valence-corrected chi connectivity index (χ0v) is 19.0. The largest absolute Gasteiger partial charge is 0.493 e. The van der Waals surface area contributed by atoms with E-state index in [1.807, 2.05) is 6.07 Å². The van der Waals surface area contributed by atoms with Crippen molar-refractivity contribution in [2.45, 2.75) is 19.8 Å². The van der Waals surface area contributed by atoms with Crippen LogP contribution in [0.25, 0.3) is 6.08 Å². The first-order valence-electron chi connectivity index (χ1n) is 10.6. The van der Waals surface area contributed by atoms with Crippen LogP contribution in [-0.2, 0) is 11.2 Å². The molecule has 0 aliphatic carbocycles. The van der Waals surface area contributed by atoms with Crippen molar-refractivity contribution < 1.29 is 23.5 Å². The molecule has 7 nitrogen and oxygen atoms in total. The molecule has 1 aromatic heterocycles. The number of rotatable bonds is 10. The molecule has 0 aliphatic rings. The summed E-state index contributed by atoms with van der Waals surface area (Å²) in [6.45, 7) is 2.52. The summed E-state index contributed by atoms with van der Waals surface area (Å²) in [7, 11) is 3.01. The molecule has 2 N–H and O–H groups in total. The number of hydrogen-bond acceptors (Lipinski definition) is 5. The van der Waals surface area contributed by atoms with E-state index in [1.54, 1.807) is 30.3 Å². The number of carbonyl (C=O) groups excluding carboxylic acids is 2. The fourth-order valence-corrected chi connectivity index (χ4v) is 3.30. The number of aryl methyl sites for hydroxylation is 2. The third-order valence-electron chi connectivity index (χ3n) is 4.98. The monoisotopic (exact) mass is 448 g/mol. The van der Waals surface area contributed by atoms with Crippen LogP contribution in [0.4, 0.5) is 0 Å². The van der Waals surface area contributed by atoms with Crippen molar-refractivity contribution in [2.24, 2.45) is 0 Å². The number of hydrogen-bond donors (Lipinski definition) is 2. The molecule has 0 saturated heterocycles. The molecule has 0 radical (unpaired) electrons. The molecule has 7 heteroatoms. The summed E-state index contributed by atoms with van der Waals surface area (Å²) in [4.78, 5) is 25.7. The Morgan fingerprint density at radius 2 is 1.82 bits per heavy atom. The summed E-state index contributed by atoms with van der Waals surface area (Å²) < 4.78 is 15.8. The second-order valence-electron chi connectivity index (χ2n) is 7.45. The minimum absolute atomic E-state index is 0.0836. The Morgan fingerprint density at radius 1 is 1.00 bits per heavy atom. The summed E-state index contributed by atoms with van der Waals surface area (Å²) in [6.07, 6.45) is 4.61. The van der Waals surface area contributed by atoms with Gasteiger partial charge in [0.25, 0.3) is 11.8 Å². The smallest absolute Gasteiger partial charge is 0.267 e. The predicted molar refractivity (Wildman–Crippen MR) is 126 cm³/mol. The highest BCUT2D eigenvalue weighted by molar-refractivity contribution is 6.05. The average molecular weight is 449 g/mol. The average Bonchev–Trinajstić information content (AvgIpc) is 3.34. The molecule has 2 amide bonds. The van der Waals surface area contributed by atoms with E-state index in [4.69, 9.17) is 13.9 Å². The highest BCUT2D eigenvalue weighted by Gasteiger charge is 2.17. The molecule has 0 fully saturated rings. The van der Waals surface area contributed by atoms with Gasteiger partial charge in [0, 0.05) is 18.2 Å². The van der Waals surface area contributed by atoms with E-state index in [0.717, 1.165) is 12.8 Å². The summed E-state index contributed by atoms with van der Waals surface area (Å²) >= 11 is 0. The van der Waals surface area contributed by atoms with Gasteiger partial charge in [-0.05, 0) is 55.7 Å². The maximum Gasteiger partial charge on any atom is 0.267 e. The Kier molecular flexibility index (Phi) is 8.30. The zero-order valence-electron chi connectivity index (χ0n) is 19.0. The molecule has 0 unspecified atom stereocenters. The summed E-state index contributed by atoms with van der Waals surface area (Å²) in [5.74, 6) is 0.523. The normalized spacial score (nSPS) is 11.1. The first-order valence-corrected chi connectivity index (χ1v) is 10.6. The lowest BCUT2D eigenvalue weighted by Crippen LogP contribution is -2.35. The third kappa shape index (κ3) is 6.74. The molecule has 2 aromatic carbocycles. The molecule has 172 valence electrons. The molecule has 3 rings (SSSR count). The van der Waals surface area contributed by atoms with Gasteiger partial charge in [-0.1, -0.05) is 29.8 Å². The van der Waals surface area contributed by atoms with Gasteiger partial charge in [-0.15, -0.1) is 0 Å². The Bertz CT molecular complexity index is 1120. The van der Waals surface area contributed by atoms with Crippen LogP contribution >= 0.6 is 0 Å². The second kappa shape index (κ2) is 11.6. The number of carbonyl (C=O) groups is 2. The number of methoxy groups -OCH3 is 2. The molecule has 0 bridgehead atoms. The van der Waals surface area contributed by atoms with Crippen LogP contribution in [0, 0.1) is 6.92 Å².